The molecule has 1 amide bonds. The molecule has 2 aliphatic heterocycles. The van der Waals surface area contributed by atoms with Gasteiger partial charge in [-0.25, -0.2) is 0 Å². The van der Waals surface area contributed by atoms with Crippen LogP contribution in [0.15, 0.2) is 22.8 Å². The number of carbonyl (C=O) groups is 1. The van der Waals surface area contributed by atoms with Crippen LogP contribution in [0.2, 0.25) is 0 Å². The minimum atomic E-state index is 0.0620. The second-order valence-electron chi connectivity index (χ2n) is 7.97. The molecule has 1 aromatic rings. The van der Waals surface area contributed by atoms with Crippen LogP contribution in [0.3, 0.4) is 0 Å². The Balaban J connectivity index is 1.50. The van der Waals surface area contributed by atoms with Gasteiger partial charge in [-0.3, -0.25) is 9.69 Å². The molecule has 1 spiro atoms. The van der Waals surface area contributed by atoms with Crippen LogP contribution in [-0.4, -0.2) is 61.5 Å². The largest absolute Gasteiger partial charge is 0.469 e. The molecule has 2 aliphatic rings. The van der Waals surface area contributed by atoms with Gasteiger partial charge in [0.05, 0.1) is 12.3 Å². The Kier molecular flexibility index (Phi) is 6.18. The second-order valence-corrected chi connectivity index (χ2v) is 7.97. The number of nitrogens with one attached hydrogen (secondary N) is 1. The Labute approximate surface area is 151 Å². The first-order chi connectivity index (χ1) is 12.1. The number of nitrogens with zero attached hydrogens (tertiary/aromatic N) is 2. The summed E-state index contributed by atoms with van der Waals surface area (Å²) in [5.41, 5.74) is 0.359. The minimum absolute atomic E-state index is 0.0620. The molecule has 0 aromatic carbocycles. The van der Waals surface area contributed by atoms with E-state index in [1.165, 1.54) is 12.8 Å². The highest BCUT2D eigenvalue weighted by molar-refractivity contribution is 5.82. The predicted molar refractivity (Wildman–Crippen MR) is 99.5 cm³/mol. The van der Waals surface area contributed by atoms with Crippen LogP contribution in [0.25, 0.3) is 0 Å². The topological polar surface area (TPSA) is 48.7 Å². The van der Waals surface area contributed by atoms with Gasteiger partial charge in [-0.1, -0.05) is 6.92 Å². The first kappa shape index (κ1) is 18.5. The predicted octanol–water partition coefficient (Wildman–Crippen LogP) is 2.52. The lowest BCUT2D eigenvalue weighted by Crippen LogP contribution is -2.43. The summed E-state index contributed by atoms with van der Waals surface area (Å²) in [4.78, 5) is 17.6. The average Bonchev–Trinajstić information content (AvgIpc) is 3.23. The Morgan fingerprint density at radius 1 is 1.40 bits per heavy atom. The van der Waals surface area contributed by atoms with Crippen molar-refractivity contribution in [2.45, 2.75) is 51.5 Å². The molecule has 0 radical (unpaired) electrons. The maximum Gasteiger partial charge on any atom is 0.237 e. The Morgan fingerprint density at radius 2 is 2.20 bits per heavy atom. The third kappa shape index (κ3) is 4.64. The van der Waals surface area contributed by atoms with Crippen LogP contribution in [0.1, 0.15) is 44.8 Å². The molecule has 0 saturated carbocycles. The second kappa shape index (κ2) is 8.37. The molecule has 140 valence electrons. The molecule has 5 nitrogen and oxygen atoms in total. The van der Waals surface area contributed by atoms with E-state index in [9.17, 15) is 4.79 Å². The van der Waals surface area contributed by atoms with Gasteiger partial charge in [0.25, 0.3) is 0 Å². The van der Waals surface area contributed by atoms with Crippen LogP contribution in [-0.2, 0) is 11.2 Å². The van der Waals surface area contributed by atoms with Gasteiger partial charge in [0.2, 0.25) is 5.91 Å². The molecule has 0 aliphatic carbocycles. The van der Waals surface area contributed by atoms with Crippen LogP contribution >= 0.6 is 0 Å². The van der Waals surface area contributed by atoms with E-state index in [1.54, 1.807) is 6.26 Å². The summed E-state index contributed by atoms with van der Waals surface area (Å²) in [7, 11) is 2.20. The summed E-state index contributed by atoms with van der Waals surface area (Å²) in [6.07, 6.45) is 8.11. The maximum absolute atomic E-state index is 12.8. The highest BCUT2D eigenvalue weighted by Crippen LogP contribution is 2.43. The van der Waals surface area contributed by atoms with Gasteiger partial charge in [0.15, 0.2) is 0 Å². The third-order valence-corrected chi connectivity index (χ3v) is 5.95. The molecule has 1 atom stereocenters. The van der Waals surface area contributed by atoms with E-state index in [0.29, 0.717) is 5.41 Å². The van der Waals surface area contributed by atoms with Gasteiger partial charge < -0.3 is 14.6 Å². The van der Waals surface area contributed by atoms with Crippen molar-refractivity contribution in [2.75, 3.05) is 39.8 Å². The summed E-state index contributed by atoms with van der Waals surface area (Å²) in [6, 6.07) is 3.97. The summed E-state index contributed by atoms with van der Waals surface area (Å²) in [5.74, 6) is 1.22. The molecule has 0 bridgehead atoms. The van der Waals surface area contributed by atoms with Gasteiger partial charge in [-0.2, -0.15) is 0 Å². The van der Waals surface area contributed by atoms with E-state index >= 15 is 0 Å². The standard InChI is InChI=1S/C20H33N3O2/c1-3-11-23-16-20(8-12-22(2)13-9-20)15-18(23)19(24)21-10-4-6-17-7-5-14-25-17/h5,7,14,18H,3-4,6,8-13,15-16H2,1-2H3,(H,21,24). The molecular weight excluding hydrogens is 314 g/mol. The zero-order chi connectivity index (χ0) is 17.7. The Hall–Kier alpha value is -1.33. The number of carbonyl (C=O) groups excluding carboxylic acids is 1. The average molecular weight is 348 g/mol. The number of likely N-dealkylation sites (tertiary alicyclic amines) is 2. The SMILES string of the molecule is CCCN1CC2(CCN(C)CC2)CC1C(=O)NCCCc1ccco1. The Bertz CT molecular complexity index is 535. The molecule has 5 heteroatoms. The summed E-state index contributed by atoms with van der Waals surface area (Å²) >= 11 is 0. The van der Waals surface area contributed by atoms with Gasteiger partial charge in [-0.05, 0) is 76.3 Å². The fourth-order valence-electron chi connectivity index (χ4n) is 4.43. The van der Waals surface area contributed by atoms with E-state index in [1.807, 2.05) is 12.1 Å². The molecule has 3 heterocycles. The van der Waals surface area contributed by atoms with Gasteiger partial charge in [0, 0.05) is 19.5 Å². The van der Waals surface area contributed by atoms with E-state index in [0.717, 1.165) is 64.2 Å². The molecule has 3 rings (SSSR count). The van der Waals surface area contributed by atoms with E-state index in [-0.39, 0.29) is 11.9 Å². The first-order valence-corrected chi connectivity index (χ1v) is 9.84. The number of amides is 1. The molecule has 1 unspecified atom stereocenters. The summed E-state index contributed by atoms with van der Waals surface area (Å²) < 4.78 is 5.35. The minimum Gasteiger partial charge on any atom is -0.469 e. The molecule has 2 saturated heterocycles. The van der Waals surface area contributed by atoms with Gasteiger partial charge in [0.1, 0.15) is 5.76 Å². The van der Waals surface area contributed by atoms with Crippen molar-refractivity contribution in [3.8, 4) is 0 Å². The maximum atomic E-state index is 12.8. The molecule has 2 fully saturated rings. The summed E-state index contributed by atoms with van der Waals surface area (Å²) in [5, 5.41) is 3.17. The quantitative estimate of drug-likeness (QED) is 0.770. The number of hydrogen-bond donors (Lipinski definition) is 1. The van der Waals surface area contributed by atoms with E-state index in [4.69, 9.17) is 4.42 Å². The fourth-order valence-corrected chi connectivity index (χ4v) is 4.43. The van der Waals surface area contributed by atoms with Crippen LogP contribution in [0.4, 0.5) is 0 Å². The van der Waals surface area contributed by atoms with E-state index < -0.39 is 0 Å². The van der Waals surface area contributed by atoms with Crippen LogP contribution in [0.5, 0.6) is 0 Å². The highest BCUT2D eigenvalue weighted by Gasteiger charge is 2.47. The lowest BCUT2D eigenvalue weighted by atomic mass is 9.76. The van der Waals surface area contributed by atoms with Crippen molar-refractivity contribution in [3.63, 3.8) is 0 Å². The molecular formula is C20H33N3O2. The zero-order valence-corrected chi connectivity index (χ0v) is 15.8. The van der Waals surface area contributed by atoms with Crippen molar-refractivity contribution in [1.82, 2.24) is 15.1 Å². The summed E-state index contributed by atoms with van der Waals surface area (Å²) in [6.45, 7) is 7.39. The third-order valence-electron chi connectivity index (χ3n) is 5.95. The van der Waals surface area contributed by atoms with Gasteiger partial charge in [-0.15, -0.1) is 0 Å². The van der Waals surface area contributed by atoms with E-state index in [2.05, 4.69) is 29.1 Å². The smallest absolute Gasteiger partial charge is 0.237 e. The van der Waals surface area contributed by atoms with Crippen LogP contribution in [0, 0.1) is 5.41 Å². The fraction of sp³-hybridized carbons (Fsp3) is 0.750. The zero-order valence-electron chi connectivity index (χ0n) is 15.8. The first-order valence-electron chi connectivity index (χ1n) is 9.84. The molecule has 1 N–H and O–H groups in total. The van der Waals surface area contributed by atoms with Gasteiger partial charge >= 0.3 is 0 Å². The van der Waals surface area contributed by atoms with Crippen molar-refractivity contribution in [3.05, 3.63) is 24.2 Å². The van der Waals surface area contributed by atoms with Crippen LogP contribution < -0.4 is 5.32 Å². The van der Waals surface area contributed by atoms with Crippen molar-refractivity contribution >= 4 is 5.91 Å². The molecule has 1 aromatic heterocycles. The van der Waals surface area contributed by atoms with Crippen molar-refractivity contribution in [2.24, 2.45) is 5.41 Å². The lowest BCUT2D eigenvalue weighted by Gasteiger charge is -2.37. The normalized spacial score (nSPS) is 24.0. The highest BCUT2D eigenvalue weighted by atomic mass is 16.3. The number of piperidine rings is 1. The number of furan rings is 1. The number of hydrogen-bond acceptors (Lipinski definition) is 4. The van der Waals surface area contributed by atoms with Crippen molar-refractivity contribution < 1.29 is 9.21 Å². The van der Waals surface area contributed by atoms with Crippen molar-refractivity contribution in [1.29, 1.82) is 0 Å². The monoisotopic (exact) mass is 347 g/mol. The number of rotatable bonds is 7. The lowest BCUT2D eigenvalue weighted by molar-refractivity contribution is -0.125. The Morgan fingerprint density at radius 3 is 2.88 bits per heavy atom. The number of aryl methyl sites for hydroxylation is 1. The molecule has 25 heavy (non-hydrogen) atoms.